The molecular weight excluding hydrogens is 236 g/mol. The second-order valence-corrected chi connectivity index (χ2v) is 5.39. The van der Waals surface area contributed by atoms with Gasteiger partial charge >= 0.3 is 9.05 Å². The van der Waals surface area contributed by atoms with Gasteiger partial charge in [-0.05, 0) is 33.6 Å². The maximum Gasteiger partial charge on any atom is 0.677 e. The van der Waals surface area contributed by atoms with Gasteiger partial charge in [0.2, 0.25) is 0 Å². The summed E-state index contributed by atoms with van der Waals surface area (Å²) in [6.45, 7) is 6.23. The lowest BCUT2D eigenvalue weighted by molar-refractivity contribution is -0.0256. The molecule has 15 heavy (non-hydrogen) atoms. The van der Waals surface area contributed by atoms with Gasteiger partial charge in [0.1, 0.15) is 0 Å². The molecule has 0 aliphatic heterocycles. The van der Waals surface area contributed by atoms with E-state index in [2.05, 4.69) is 0 Å². The largest absolute Gasteiger partial charge is 0.677 e. The van der Waals surface area contributed by atoms with Crippen LogP contribution in [0.3, 0.4) is 0 Å². The lowest BCUT2D eigenvalue weighted by atomic mass is 10.2. The third-order valence-electron chi connectivity index (χ3n) is 1.75. The quantitative estimate of drug-likeness (QED) is 0.506. The number of hydrogen-bond donors (Lipinski definition) is 1. The summed E-state index contributed by atoms with van der Waals surface area (Å²) in [6, 6.07) is 0. The molecule has 1 unspecified atom stereocenters. The minimum Gasteiger partial charge on any atom is -0.367 e. The van der Waals surface area contributed by atoms with E-state index in [1.54, 1.807) is 13.8 Å². The normalized spacial score (nSPS) is 14.2. The van der Waals surface area contributed by atoms with Crippen LogP contribution in [0.15, 0.2) is 0 Å². The van der Waals surface area contributed by atoms with Crippen LogP contribution in [0, 0.1) is 0 Å². The highest BCUT2D eigenvalue weighted by atomic mass is 35.5. The average Bonchev–Trinajstić information content (AvgIpc) is 2.15. The van der Waals surface area contributed by atoms with Crippen LogP contribution < -0.4 is 0 Å². The molecule has 0 aliphatic rings. The number of halogens is 1. The summed E-state index contributed by atoms with van der Waals surface area (Å²) in [7, 11) is -3.41. The van der Waals surface area contributed by atoms with Gasteiger partial charge in [-0.15, -0.1) is 11.6 Å². The summed E-state index contributed by atoms with van der Waals surface area (Å²) in [6.07, 6.45) is 1.54. The van der Waals surface area contributed by atoms with Gasteiger partial charge in [-0.2, -0.15) is 0 Å². The third kappa shape index (κ3) is 7.27. The highest BCUT2D eigenvalue weighted by molar-refractivity contribution is 6.51. The molecule has 1 atom stereocenters. The predicted molar refractivity (Wildman–Crippen MR) is 61.7 cm³/mol. The van der Waals surface area contributed by atoms with Gasteiger partial charge in [0.25, 0.3) is 0 Å². The molecule has 0 saturated heterocycles. The van der Waals surface area contributed by atoms with Crippen molar-refractivity contribution in [3.8, 4) is 0 Å². The number of rotatable bonds is 9. The smallest absolute Gasteiger partial charge is 0.367 e. The van der Waals surface area contributed by atoms with Crippen molar-refractivity contribution in [2.24, 2.45) is 0 Å². The summed E-state index contributed by atoms with van der Waals surface area (Å²) in [4.78, 5) is 9.92. The predicted octanol–water partition coefficient (Wildman–Crippen LogP) is 1.91. The Morgan fingerprint density at radius 1 is 1.27 bits per heavy atom. The van der Waals surface area contributed by atoms with Crippen molar-refractivity contribution in [2.45, 2.75) is 39.7 Å². The average molecular weight is 257 g/mol. The maximum absolute atomic E-state index is 9.92. The molecule has 0 heterocycles. The molecular formula is C9H21ClO4Si. The fourth-order valence-corrected chi connectivity index (χ4v) is 2.88. The summed E-state index contributed by atoms with van der Waals surface area (Å²) < 4.78 is 15.7. The second-order valence-electron chi connectivity index (χ2n) is 3.15. The molecule has 0 aromatic rings. The van der Waals surface area contributed by atoms with Crippen molar-refractivity contribution in [1.29, 1.82) is 0 Å². The Labute approximate surface area is 98.0 Å². The van der Waals surface area contributed by atoms with E-state index in [1.807, 2.05) is 6.92 Å². The molecule has 4 nitrogen and oxygen atoms in total. The number of alkyl halides is 1. The van der Waals surface area contributed by atoms with Crippen molar-refractivity contribution in [1.82, 2.24) is 0 Å². The monoisotopic (exact) mass is 256 g/mol. The lowest BCUT2D eigenvalue weighted by Gasteiger charge is -2.25. The molecule has 0 spiro atoms. The van der Waals surface area contributed by atoms with Gasteiger partial charge < -0.3 is 18.1 Å². The van der Waals surface area contributed by atoms with Crippen LogP contribution in [0.4, 0.5) is 0 Å². The van der Waals surface area contributed by atoms with Crippen LogP contribution >= 0.6 is 11.6 Å². The molecule has 0 aliphatic carbocycles. The molecule has 0 aromatic carbocycles. The molecule has 92 valence electrons. The Balaban J connectivity index is 4.02. The highest BCUT2D eigenvalue weighted by Crippen LogP contribution is 2.12. The van der Waals surface area contributed by atoms with E-state index in [4.69, 9.17) is 24.9 Å². The number of hydrogen-bond acceptors (Lipinski definition) is 4. The Bertz CT molecular complexity index is 153. The molecule has 0 amide bonds. The standard InChI is InChI=1S/C9H21ClO4Si/c1-4-12-15(11,13-5-2)14-9(3)7-6-8-10/h9,11H,4-8H2,1-3H3. The minimum atomic E-state index is -3.41. The molecule has 1 N–H and O–H groups in total. The first-order chi connectivity index (χ1) is 7.08. The summed E-state index contributed by atoms with van der Waals surface area (Å²) in [5, 5.41) is 0. The first-order valence-electron chi connectivity index (χ1n) is 5.32. The van der Waals surface area contributed by atoms with Gasteiger partial charge in [-0.25, -0.2) is 0 Å². The summed E-state index contributed by atoms with van der Waals surface area (Å²) in [5.74, 6) is 0.594. The zero-order valence-electron chi connectivity index (χ0n) is 9.66. The summed E-state index contributed by atoms with van der Waals surface area (Å²) >= 11 is 5.57. The molecule has 0 rings (SSSR count). The Morgan fingerprint density at radius 3 is 2.20 bits per heavy atom. The molecule has 0 fully saturated rings. The van der Waals surface area contributed by atoms with E-state index < -0.39 is 9.05 Å². The van der Waals surface area contributed by atoms with Gasteiger partial charge in [0, 0.05) is 25.2 Å². The van der Waals surface area contributed by atoms with Gasteiger partial charge in [0.05, 0.1) is 0 Å². The van der Waals surface area contributed by atoms with Crippen LogP contribution in [-0.2, 0) is 13.3 Å². The van der Waals surface area contributed by atoms with Crippen LogP contribution in [0.25, 0.3) is 0 Å². The van der Waals surface area contributed by atoms with Crippen molar-refractivity contribution in [3.05, 3.63) is 0 Å². The van der Waals surface area contributed by atoms with Gasteiger partial charge in [-0.3, -0.25) is 0 Å². The lowest BCUT2D eigenvalue weighted by Crippen LogP contribution is -2.48. The van der Waals surface area contributed by atoms with Crippen LogP contribution in [-0.4, -0.2) is 39.0 Å². The van der Waals surface area contributed by atoms with E-state index in [1.165, 1.54) is 0 Å². The minimum absolute atomic E-state index is 0.0986. The van der Waals surface area contributed by atoms with Crippen LogP contribution in [0.1, 0.15) is 33.6 Å². The molecule has 0 radical (unpaired) electrons. The fraction of sp³-hybridized carbons (Fsp3) is 1.00. The first-order valence-corrected chi connectivity index (χ1v) is 7.52. The Hall–Kier alpha value is 0.347. The van der Waals surface area contributed by atoms with Crippen molar-refractivity contribution in [2.75, 3.05) is 19.1 Å². The second kappa shape index (κ2) is 8.49. The Kier molecular flexibility index (Phi) is 8.69. The molecule has 0 bridgehead atoms. The zero-order chi connectivity index (χ0) is 11.7. The van der Waals surface area contributed by atoms with Crippen LogP contribution in [0.5, 0.6) is 0 Å². The Morgan fingerprint density at radius 2 is 1.80 bits per heavy atom. The highest BCUT2D eigenvalue weighted by Gasteiger charge is 2.42. The van der Waals surface area contributed by atoms with Crippen molar-refractivity contribution >= 4 is 20.6 Å². The zero-order valence-corrected chi connectivity index (χ0v) is 11.4. The first kappa shape index (κ1) is 15.3. The molecule has 0 saturated carbocycles. The van der Waals surface area contributed by atoms with Gasteiger partial charge in [0.15, 0.2) is 0 Å². The van der Waals surface area contributed by atoms with E-state index in [9.17, 15) is 4.80 Å². The van der Waals surface area contributed by atoms with Gasteiger partial charge in [-0.1, -0.05) is 0 Å². The molecule has 0 aromatic heterocycles. The summed E-state index contributed by atoms with van der Waals surface area (Å²) in [5.41, 5.74) is 0. The topological polar surface area (TPSA) is 47.9 Å². The van der Waals surface area contributed by atoms with Crippen molar-refractivity contribution in [3.63, 3.8) is 0 Å². The van der Waals surface area contributed by atoms with Crippen molar-refractivity contribution < 1.29 is 18.1 Å². The van der Waals surface area contributed by atoms with E-state index >= 15 is 0 Å². The fourth-order valence-electron chi connectivity index (χ4n) is 1.15. The molecule has 6 heteroatoms. The van der Waals surface area contributed by atoms with Crippen LogP contribution in [0.2, 0.25) is 0 Å². The third-order valence-corrected chi connectivity index (χ3v) is 4.02. The maximum atomic E-state index is 9.92. The van der Waals surface area contributed by atoms with E-state index in [0.717, 1.165) is 12.8 Å². The van der Waals surface area contributed by atoms with E-state index in [-0.39, 0.29) is 6.10 Å². The SMILES string of the molecule is CCO[Si](O)(OCC)OC(C)CCCCl. The van der Waals surface area contributed by atoms with E-state index in [0.29, 0.717) is 19.1 Å².